The summed E-state index contributed by atoms with van der Waals surface area (Å²) >= 11 is 6.71. The number of amides is 4. The third-order valence-corrected chi connectivity index (χ3v) is 10.4. The highest BCUT2D eigenvalue weighted by Crippen LogP contribution is 2.64. The molecule has 3 aromatic carbocycles. The number of allylic oxidation sites excluding steroid dienone is 2. The molecule has 2 heterocycles. The van der Waals surface area contributed by atoms with Gasteiger partial charge in [0.1, 0.15) is 17.1 Å². The van der Waals surface area contributed by atoms with Crippen molar-refractivity contribution in [3.05, 3.63) is 94.5 Å². The third kappa shape index (κ3) is 3.98. The van der Waals surface area contributed by atoms with E-state index in [1.54, 1.807) is 43.3 Å². The van der Waals surface area contributed by atoms with E-state index < -0.39 is 70.4 Å². The summed E-state index contributed by atoms with van der Waals surface area (Å²) in [6, 6.07) is 16.6. The van der Waals surface area contributed by atoms with E-state index in [-0.39, 0.29) is 34.9 Å². The van der Waals surface area contributed by atoms with Gasteiger partial charge < -0.3 is 15.3 Å². The normalized spacial score (nSPS) is 28.9. The molecule has 45 heavy (non-hydrogen) atoms. The van der Waals surface area contributed by atoms with Gasteiger partial charge in [-0.15, -0.1) is 0 Å². The highest BCUT2D eigenvalue weighted by molar-refractivity contribution is 6.32. The van der Waals surface area contributed by atoms with Crippen LogP contribution >= 0.6 is 11.6 Å². The summed E-state index contributed by atoms with van der Waals surface area (Å²) in [5.74, 6) is -7.65. The Balaban J connectivity index is 1.35. The molecular weight excluding hydrogens is 600 g/mol. The molecular formula is C34H27ClN2O8. The van der Waals surface area contributed by atoms with Crippen molar-refractivity contribution in [3.8, 4) is 11.5 Å². The molecule has 0 spiro atoms. The summed E-state index contributed by atoms with van der Waals surface area (Å²) in [5.41, 5.74) is 0.0701. The Labute approximate surface area is 262 Å². The highest BCUT2D eigenvalue weighted by Gasteiger charge is 2.67. The summed E-state index contributed by atoms with van der Waals surface area (Å²) < 4.78 is 0. The lowest BCUT2D eigenvalue weighted by molar-refractivity contribution is -0.131. The number of hydrogen-bond acceptors (Lipinski definition) is 7. The lowest BCUT2D eigenvalue weighted by atomic mass is 9.51. The number of nitrogens with zero attached hydrogens (tertiary/aromatic N) is 2. The standard InChI is InChI=1S/C34H27ClN2O8/c1-34-24(30(41)37(33(34)45)16-5-3-2-4-6-16)15-23-19(28(34)20-10-8-18(38)14-25(20)35)11-12-22-27(23)31(42)36(29(22)40)17-7-9-21(32(43)44)26(39)13-17/h2-11,13-14,22-24,27-28,38-39H,12,15H2,1H3,(H,43,44)/t22-,23+,24-,27-,28+,34+/m0/s1. The van der Waals surface area contributed by atoms with Gasteiger partial charge in [-0.3, -0.25) is 19.2 Å². The number of aromatic hydroxyl groups is 2. The number of carboxylic acid groups (broad SMARTS) is 1. The van der Waals surface area contributed by atoms with E-state index in [2.05, 4.69) is 0 Å². The van der Waals surface area contributed by atoms with Crippen LogP contribution in [0.2, 0.25) is 5.02 Å². The molecule has 10 nitrogen and oxygen atoms in total. The van der Waals surface area contributed by atoms with Gasteiger partial charge in [0, 0.05) is 17.0 Å². The number of phenolic OH excluding ortho intramolecular Hbond substituents is 1. The molecule has 11 heteroatoms. The van der Waals surface area contributed by atoms with E-state index in [1.165, 1.54) is 23.1 Å². The molecule has 4 amide bonds. The number of imide groups is 2. The monoisotopic (exact) mass is 626 g/mol. The SMILES string of the molecule is C[C@@]12C(=O)N(c3ccccc3)C(=O)[C@@H]1C[C@@H]1C(=CC[C@@H]3C(=O)N(c4ccc(C(=O)O)c(O)c4)C(=O)[C@@H]31)[C@@H]2c1ccc(O)cc1Cl. The first-order chi connectivity index (χ1) is 21.4. The van der Waals surface area contributed by atoms with Crippen LogP contribution in [0.3, 0.4) is 0 Å². The van der Waals surface area contributed by atoms with Crippen LogP contribution in [0.25, 0.3) is 0 Å². The van der Waals surface area contributed by atoms with Crippen LogP contribution in [0.1, 0.15) is 41.6 Å². The summed E-state index contributed by atoms with van der Waals surface area (Å²) in [6.07, 6.45) is 2.21. The van der Waals surface area contributed by atoms with Crippen LogP contribution in [0.15, 0.2) is 78.4 Å². The van der Waals surface area contributed by atoms with Crippen molar-refractivity contribution in [2.45, 2.75) is 25.7 Å². The number of phenols is 2. The smallest absolute Gasteiger partial charge is 0.339 e. The minimum atomic E-state index is -1.36. The van der Waals surface area contributed by atoms with E-state index in [4.69, 9.17) is 11.6 Å². The Morgan fingerprint density at radius 2 is 1.60 bits per heavy atom. The minimum Gasteiger partial charge on any atom is -0.508 e. The molecule has 0 radical (unpaired) electrons. The molecule has 4 aliphatic rings. The zero-order chi connectivity index (χ0) is 31.9. The lowest BCUT2D eigenvalue weighted by Gasteiger charge is -2.49. The van der Waals surface area contributed by atoms with Gasteiger partial charge >= 0.3 is 5.97 Å². The molecule has 3 aromatic rings. The fourth-order valence-corrected chi connectivity index (χ4v) is 8.31. The van der Waals surface area contributed by atoms with Crippen molar-refractivity contribution in [1.82, 2.24) is 0 Å². The van der Waals surface area contributed by atoms with E-state index in [9.17, 15) is 39.3 Å². The number of hydrogen-bond donors (Lipinski definition) is 3. The number of para-hydroxylation sites is 1. The van der Waals surface area contributed by atoms with Crippen molar-refractivity contribution >= 4 is 52.6 Å². The fraction of sp³-hybridized carbons (Fsp3) is 0.265. The number of carboxylic acids is 1. The summed E-state index contributed by atoms with van der Waals surface area (Å²) in [6.45, 7) is 1.75. The average molecular weight is 627 g/mol. The molecule has 228 valence electrons. The van der Waals surface area contributed by atoms with E-state index >= 15 is 0 Å². The minimum absolute atomic E-state index is 0.0459. The first kappa shape index (κ1) is 28.8. The summed E-state index contributed by atoms with van der Waals surface area (Å²) in [5, 5.41) is 29.9. The molecule has 7 rings (SSSR count). The maximum absolute atomic E-state index is 14.4. The number of anilines is 2. The predicted molar refractivity (Wildman–Crippen MR) is 162 cm³/mol. The Morgan fingerprint density at radius 3 is 2.27 bits per heavy atom. The molecule has 2 aliphatic heterocycles. The third-order valence-electron chi connectivity index (χ3n) is 10.1. The van der Waals surface area contributed by atoms with Gasteiger partial charge in [-0.1, -0.05) is 47.5 Å². The average Bonchev–Trinajstić information content (AvgIpc) is 3.37. The topological polar surface area (TPSA) is 153 Å². The summed E-state index contributed by atoms with van der Waals surface area (Å²) in [7, 11) is 0. The number of aromatic carboxylic acids is 1. The molecule has 1 saturated carbocycles. The van der Waals surface area contributed by atoms with E-state index in [0.717, 1.165) is 22.6 Å². The Kier molecular flexibility index (Phi) is 6.42. The number of carbonyl (C=O) groups is 5. The number of carbonyl (C=O) groups excluding carboxylic acids is 4. The van der Waals surface area contributed by atoms with Gasteiger partial charge in [0.15, 0.2) is 0 Å². The van der Waals surface area contributed by atoms with Gasteiger partial charge in [-0.25, -0.2) is 14.6 Å². The van der Waals surface area contributed by atoms with Crippen molar-refractivity contribution in [2.24, 2.45) is 29.1 Å². The number of halogens is 1. The van der Waals surface area contributed by atoms with Crippen LogP contribution < -0.4 is 9.80 Å². The first-order valence-electron chi connectivity index (χ1n) is 14.5. The second-order valence-corrected chi connectivity index (χ2v) is 12.6. The van der Waals surface area contributed by atoms with Crippen LogP contribution in [-0.2, 0) is 19.2 Å². The quantitative estimate of drug-likeness (QED) is 0.274. The zero-order valence-electron chi connectivity index (χ0n) is 23.9. The van der Waals surface area contributed by atoms with Gasteiger partial charge in [0.2, 0.25) is 23.6 Å². The zero-order valence-corrected chi connectivity index (χ0v) is 24.6. The number of fused-ring (bicyclic) bond motifs is 4. The molecule has 0 unspecified atom stereocenters. The van der Waals surface area contributed by atoms with Gasteiger partial charge in [0.05, 0.1) is 34.5 Å². The molecule has 3 fully saturated rings. The van der Waals surface area contributed by atoms with Crippen molar-refractivity contribution < 1.29 is 39.3 Å². The Bertz CT molecular complexity index is 1870. The number of rotatable bonds is 4. The Hall–Kier alpha value is -4.96. The van der Waals surface area contributed by atoms with Crippen molar-refractivity contribution in [3.63, 3.8) is 0 Å². The van der Waals surface area contributed by atoms with E-state index in [1.807, 2.05) is 6.08 Å². The molecule has 0 bridgehead atoms. The first-order valence-corrected chi connectivity index (χ1v) is 14.9. The number of benzene rings is 3. The van der Waals surface area contributed by atoms with Crippen molar-refractivity contribution in [2.75, 3.05) is 9.80 Å². The second kappa shape index (κ2) is 10.0. The molecule has 2 aliphatic carbocycles. The van der Waals surface area contributed by atoms with Gasteiger partial charge in [-0.2, -0.15) is 0 Å². The van der Waals surface area contributed by atoms with Crippen LogP contribution in [0.4, 0.5) is 11.4 Å². The van der Waals surface area contributed by atoms with Gasteiger partial charge in [0.25, 0.3) is 0 Å². The molecule has 2 saturated heterocycles. The molecule has 6 atom stereocenters. The molecule has 0 aromatic heterocycles. The lowest BCUT2D eigenvalue weighted by Crippen LogP contribution is -2.49. The van der Waals surface area contributed by atoms with Crippen LogP contribution in [0, 0.1) is 29.1 Å². The van der Waals surface area contributed by atoms with Gasteiger partial charge in [-0.05, 0) is 67.6 Å². The van der Waals surface area contributed by atoms with Crippen LogP contribution in [-0.4, -0.2) is 44.9 Å². The maximum atomic E-state index is 14.4. The fourth-order valence-electron chi connectivity index (χ4n) is 8.03. The Morgan fingerprint density at radius 1 is 0.867 bits per heavy atom. The maximum Gasteiger partial charge on any atom is 0.339 e. The predicted octanol–water partition coefficient (Wildman–Crippen LogP) is 4.88. The van der Waals surface area contributed by atoms with E-state index in [0.29, 0.717) is 11.3 Å². The van der Waals surface area contributed by atoms with Crippen LogP contribution in [0.5, 0.6) is 11.5 Å². The van der Waals surface area contributed by atoms with Crippen molar-refractivity contribution in [1.29, 1.82) is 0 Å². The highest BCUT2D eigenvalue weighted by atomic mass is 35.5. The second-order valence-electron chi connectivity index (χ2n) is 12.2. The largest absolute Gasteiger partial charge is 0.508 e. The molecule has 3 N–H and O–H groups in total. The summed E-state index contributed by atoms with van der Waals surface area (Å²) in [4.78, 5) is 70.0.